The summed E-state index contributed by atoms with van der Waals surface area (Å²) in [6, 6.07) is 6.54. The van der Waals surface area contributed by atoms with Crippen molar-refractivity contribution in [2.75, 3.05) is 5.32 Å². The van der Waals surface area contributed by atoms with E-state index < -0.39 is 5.97 Å². The lowest BCUT2D eigenvalue weighted by Gasteiger charge is -2.07. The Bertz CT molecular complexity index is 566. The number of nitrogens with zero attached hydrogens (tertiary/aromatic N) is 1. The summed E-state index contributed by atoms with van der Waals surface area (Å²) in [5, 5.41) is 4.88. The quantitative estimate of drug-likeness (QED) is 0.681. The molecule has 0 unspecified atom stereocenters. The number of benzene rings is 1. The molecule has 0 fully saturated rings. The minimum atomic E-state index is -0.468. The van der Waals surface area contributed by atoms with Crippen LogP contribution in [0.15, 0.2) is 35.8 Å². The molecule has 0 spiro atoms. The first-order valence-electron chi connectivity index (χ1n) is 5.15. The van der Waals surface area contributed by atoms with Crippen LogP contribution in [0, 0.1) is 0 Å². The molecule has 1 heterocycles. The molecule has 1 N–H and O–H groups in total. The van der Waals surface area contributed by atoms with E-state index >= 15 is 0 Å². The van der Waals surface area contributed by atoms with E-state index in [1.165, 1.54) is 18.3 Å². The Morgan fingerprint density at radius 1 is 1.33 bits per heavy atom. The number of hydrogen-bond donors (Lipinski definition) is 1. The summed E-state index contributed by atoms with van der Waals surface area (Å²) >= 11 is 1.31. The van der Waals surface area contributed by atoms with Gasteiger partial charge in [-0.3, -0.25) is 14.9 Å². The van der Waals surface area contributed by atoms with Crippen molar-refractivity contribution < 1.29 is 14.3 Å². The third-order valence-corrected chi connectivity index (χ3v) is 2.73. The minimum absolute atomic E-state index is 0.235. The summed E-state index contributed by atoms with van der Waals surface area (Å²) in [7, 11) is 0. The Morgan fingerprint density at radius 3 is 2.78 bits per heavy atom. The molecule has 0 atom stereocenters. The van der Waals surface area contributed by atoms with Crippen LogP contribution in [-0.2, 0) is 4.79 Å². The number of rotatable bonds is 3. The number of amides is 1. The molecule has 0 saturated carbocycles. The molecule has 2 aromatic rings. The number of aromatic nitrogens is 1. The van der Waals surface area contributed by atoms with Gasteiger partial charge in [-0.05, 0) is 12.1 Å². The lowest BCUT2D eigenvalue weighted by molar-refractivity contribution is -0.131. The first-order valence-corrected chi connectivity index (χ1v) is 6.03. The number of esters is 1. The summed E-state index contributed by atoms with van der Waals surface area (Å²) in [5.41, 5.74) is 0.294. The van der Waals surface area contributed by atoms with Gasteiger partial charge in [-0.15, -0.1) is 11.3 Å². The van der Waals surface area contributed by atoms with Crippen molar-refractivity contribution in [3.63, 3.8) is 0 Å². The Morgan fingerprint density at radius 2 is 2.11 bits per heavy atom. The van der Waals surface area contributed by atoms with Gasteiger partial charge < -0.3 is 4.74 Å². The summed E-state index contributed by atoms with van der Waals surface area (Å²) in [6.45, 7) is 1.29. The van der Waals surface area contributed by atoms with E-state index in [1.54, 1.807) is 35.8 Å². The van der Waals surface area contributed by atoms with Crippen molar-refractivity contribution in [2.24, 2.45) is 0 Å². The highest BCUT2D eigenvalue weighted by molar-refractivity contribution is 7.13. The fraction of sp³-hybridized carbons (Fsp3) is 0.0833. The van der Waals surface area contributed by atoms with E-state index in [1.807, 2.05) is 0 Å². The van der Waals surface area contributed by atoms with Crippen LogP contribution < -0.4 is 10.1 Å². The molecule has 18 heavy (non-hydrogen) atoms. The molecule has 1 aromatic carbocycles. The van der Waals surface area contributed by atoms with Crippen molar-refractivity contribution >= 4 is 28.3 Å². The topological polar surface area (TPSA) is 68.3 Å². The van der Waals surface area contributed by atoms with E-state index in [2.05, 4.69) is 10.3 Å². The number of carbonyl (C=O) groups excluding carboxylic acids is 2. The molecule has 0 aliphatic rings. The smallest absolute Gasteiger partial charge is 0.308 e. The number of anilines is 1. The van der Waals surface area contributed by atoms with Gasteiger partial charge in [-0.2, -0.15) is 0 Å². The third-order valence-electron chi connectivity index (χ3n) is 2.04. The highest BCUT2D eigenvalue weighted by Gasteiger charge is 2.14. The molecule has 0 aliphatic heterocycles. The molecular formula is C12H10N2O3S. The molecule has 0 radical (unpaired) electrons. The summed E-state index contributed by atoms with van der Waals surface area (Å²) < 4.78 is 4.97. The first-order chi connectivity index (χ1) is 8.66. The van der Waals surface area contributed by atoms with Crippen LogP contribution >= 0.6 is 11.3 Å². The van der Waals surface area contributed by atoms with Gasteiger partial charge >= 0.3 is 5.97 Å². The number of carbonyl (C=O) groups is 2. The number of para-hydroxylation sites is 1. The SMILES string of the molecule is CC(=O)Oc1ccccc1C(=O)Nc1nccs1. The van der Waals surface area contributed by atoms with Crippen LogP contribution in [-0.4, -0.2) is 16.9 Å². The van der Waals surface area contributed by atoms with Crippen LogP contribution in [0.25, 0.3) is 0 Å². The van der Waals surface area contributed by atoms with E-state index in [0.29, 0.717) is 10.7 Å². The first kappa shape index (κ1) is 12.3. The standard InChI is InChI=1S/C12H10N2O3S/c1-8(15)17-10-5-3-2-4-9(10)11(16)14-12-13-6-7-18-12/h2-7H,1H3,(H,13,14,16). The molecular weight excluding hydrogens is 252 g/mol. The van der Waals surface area contributed by atoms with Gasteiger partial charge in [0.1, 0.15) is 5.75 Å². The Labute approximate surface area is 107 Å². The maximum atomic E-state index is 12.0. The predicted molar refractivity (Wildman–Crippen MR) is 67.8 cm³/mol. The van der Waals surface area contributed by atoms with Gasteiger partial charge in [0.05, 0.1) is 5.56 Å². The molecule has 2 rings (SSSR count). The van der Waals surface area contributed by atoms with Gasteiger partial charge in [0.15, 0.2) is 5.13 Å². The third kappa shape index (κ3) is 2.92. The summed E-state index contributed by atoms with van der Waals surface area (Å²) in [6.07, 6.45) is 1.60. The van der Waals surface area contributed by atoms with Crippen LogP contribution in [0.1, 0.15) is 17.3 Å². The fourth-order valence-electron chi connectivity index (χ4n) is 1.35. The van der Waals surface area contributed by atoms with E-state index in [0.717, 1.165) is 0 Å². The zero-order chi connectivity index (χ0) is 13.0. The number of nitrogens with one attached hydrogen (secondary N) is 1. The normalized spacial score (nSPS) is 9.83. The largest absolute Gasteiger partial charge is 0.426 e. The lowest BCUT2D eigenvalue weighted by atomic mass is 10.2. The van der Waals surface area contributed by atoms with Crippen LogP contribution in [0.4, 0.5) is 5.13 Å². The molecule has 1 aromatic heterocycles. The maximum Gasteiger partial charge on any atom is 0.308 e. The molecule has 6 heteroatoms. The van der Waals surface area contributed by atoms with Crippen LogP contribution in [0.3, 0.4) is 0 Å². The molecule has 92 valence electrons. The highest BCUT2D eigenvalue weighted by Crippen LogP contribution is 2.20. The van der Waals surface area contributed by atoms with Gasteiger partial charge in [0.2, 0.25) is 0 Å². The Hall–Kier alpha value is -2.21. The Balaban J connectivity index is 2.21. The van der Waals surface area contributed by atoms with Gasteiger partial charge in [-0.1, -0.05) is 12.1 Å². The molecule has 0 aliphatic carbocycles. The van der Waals surface area contributed by atoms with Crippen molar-refractivity contribution in [2.45, 2.75) is 6.92 Å². The monoisotopic (exact) mass is 262 g/mol. The predicted octanol–water partition coefficient (Wildman–Crippen LogP) is 2.32. The van der Waals surface area contributed by atoms with Crippen LogP contribution in [0.2, 0.25) is 0 Å². The molecule has 5 nitrogen and oxygen atoms in total. The summed E-state index contributed by atoms with van der Waals surface area (Å²) in [4.78, 5) is 26.9. The summed E-state index contributed by atoms with van der Waals surface area (Å²) in [5.74, 6) is -0.592. The number of hydrogen-bond acceptors (Lipinski definition) is 5. The second-order valence-electron chi connectivity index (χ2n) is 3.38. The van der Waals surface area contributed by atoms with Gasteiger partial charge in [0.25, 0.3) is 5.91 Å². The molecule has 0 saturated heterocycles. The van der Waals surface area contributed by atoms with Gasteiger partial charge in [0, 0.05) is 18.5 Å². The average Bonchev–Trinajstić information content (AvgIpc) is 2.81. The average molecular weight is 262 g/mol. The highest BCUT2D eigenvalue weighted by atomic mass is 32.1. The zero-order valence-corrected chi connectivity index (χ0v) is 10.4. The van der Waals surface area contributed by atoms with Crippen LogP contribution in [0.5, 0.6) is 5.75 Å². The second kappa shape index (κ2) is 5.42. The number of thiazole rings is 1. The molecule has 1 amide bonds. The van der Waals surface area contributed by atoms with E-state index in [-0.39, 0.29) is 11.7 Å². The van der Waals surface area contributed by atoms with E-state index in [4.69, 9.17) is 4.74 Å². The molecule has 0 bridgehead atoms. The van der Waals surface area contributed by atoms with Crippen molar-refractivity contribution in [1.29, 1.82) is 0 Å². The zero-order valence-electron chi connectivity index (χ0n) is 9.54. The number of ether oxygens (including phenoxy) is 1. The van der Waals surface area contributed by atoms with Crippen molar-refractivity contribution in [1.82, 2.24) is 4.98 Å². The lowest BCUT2D eigenvalue weighted by Crippen LogP contribution is -2.14. The maximum absolute atomic E-state index is 12.0. The van der Waals surface area contributed by atoms with Gasteiger partial charge in [-0.25, -0.2) is 4.98 Å². The van der Waals surface area contributed by atoms with Crippen molar-refractivity contribution in [3.8, 4) is 5.75 Å². The van der Waals surface area contributed by atoms with E-state index in [9.17, 15) is 9.59 Å². The minimum Gasteiger partial charge on any atom is -0.426 e. The fourth-order valence-corrected chi connectivity index (χ4v) is 1.87. The second-order valence-corrected chi connectivity index (χ2v) is 4.28. The Kier molecular flexibility index (Phi) is 3.69. The van der Waals surface area contributed by atoms with Crippen molar-refractivity contribution in [3.05, 3.63) is 41.4 Å².